The highest BCUT2D eigenvalue weighted by atomic mass is 35.5. The first-order valence-electron chi connectivity index (χ1n) is 4.65. The third-order valence-electron chi connectivity index (χ3n) is 2.51. The van der Waals surface area contributed by atoms with Gasteiger partial charge < -0.3 is 0 Å². The maximum absolute atomic E-state index is 6.11. The first-order chi connectivity index (χ1) is 7.27. The summed E-state index contributed by atoms with van der Waals surface area (Å²) < 4.78 is 1.97. The Bertz CT molecular complexity index is 657. The molecule has 0 fully saturated rings. The van der Waals surface area contributed by atoms with E-state index in [1.165, 1.54) is 0 Å². The average molecular weight is 218 g/mol. The summed E-state index contributed by atoms with van der Waals surface area (Å²) in [5.41, 5.74) is 3.69. The third-order valence-corrected chi connectivity index (χ3v) is 2.77. The third kappa shape index (κ3) is 1.13. The maximum atomic E-state index is 6.11. The number of fused-ring (bicyclic) bond motifs is 3. The van der Waals surface area contributed by atoms with Gasteiger partial charge in [-0.3, -0.25) is 4.40 Å². The molecule has 0 N–H and O–H groups in total. The van der Waals surface area contributed by atoms with Crippen LogP contribution in [0.4, 0.5) is 0 Å². The fourth-order valence-electron chi connectivity index (χ4n) is 1.79. The molecule has 0 bridgehead atoms. The molecule has 3 nitrogen and oxygen atoms in total. The number of imidazole rings is 1. The molecule has 0 aliphatic heterocycles. The molecule has 0 atom stereocenters. The summed E-state index contributed by atoms with van der Waals surface area (Å²) in [6, 6.07) is 7.87. The molecule has 74 valence electrons. The van der Waals surface area contributed by atoms with Gasteiger partial charge in [-0.15, -0.1) is 0 Å². The van der Waals surface area contributed by atoms with Gasteiger partial charge in [0.05, 0.1) is 16.7 Å². The Morgan fingerprint density at radius 3 is 2.93 bits per heavy atom. The second-order valence-corrected chi connectivity index (χ2v) is 3.80. The summed E-state index contributed by atoms with van der Waals surface area (Å²) in [7, 11) is 0. The van der Waals surface area contributed by atoms with Gasteiger partial charge in [0.15, 0.2) is 5.15 Å². The van der Waals surface area contributed by atoms with E-state index in [0.717, 1.165) is 22.2 Å². The summed E-state index contributed by atoms with van der Waals surface area (Å²) in [6.07, 6.45) is 1.78. The van der Waals surface area contributed by atoms with Crippen molar-refractivity contribution in [3.05, 3.63) is 41.4 Å². The molecular weight excluding hydrogens is 210 g/mol. The van der Waals surface area contributed by atoms with Crippen molar-refractivity contribution in [2.24, 2.45) is 0 Å². The number of aryl methyl sites for hydroxylation is 1. The topological polar surface area (TPSA) is 30.2 Å². The molecule has 0 amide bonds. The molecule has 0 saturated carbocycles. The molecule has 1 aromatic carbocycles. The van der Waals surface area contributed by atoms with Crippen molar-refractivity contribution in [1.82, 2.24) is 14.4 Å². The molecule has 2 aromatic heterocycles. The van der Waals surface area contributed by atoms with Gasteiger partial charge in [0, 0.05) is 0 Å². The van der Waals surface area contributed by atoms with E-state index in [1.807, 2.05) is 35.6 Å². The van der Waals surface area contributed by atoms with Crippen LogP contribution in [-0.2, 0) is 0 Å². The Morgan fingerprint density at radius 1 is 1.27 bits per heavy atom. The van der Waals surface area contributed by atoms with Crippen molar-refractivity contribution in [3.8, 4) is 0 Å². The first-order valence-corrected chi connectivity index (χ1v) is 5.03. The van der Waals surface area contributed by atoms with Crippen LogP contribution >= 0.6 is 11.6 Å². The van der Waals surface area contributed by atoms with Gasteiger partial charge in [-0.2, -0.15) is 0 Å². The quantitative estimate of drug-likeness (QED) is 0.580. The minimum absolute atomic E-state index is 0.503. The van der Waals surface area contributed by atoms with E-state index in [-0.39, 0.29) is 0 Å². The summed E-state index contributed by atoms with van der Waals surface area (Å²) in [4.78, 5) is 8.59. The number of hydrogen-bond acceptors (Lipinski definition) is 2. The van der Waals surface area contributed by atoms with Crippen LogP contribution in [0.5, 0.6) is 0 Å². The lowest BCUT2D eigenvalue weighted by molar-refractivity contribution is 1.18. The number of benzene rings is 1. The van der Waals surface area contributed by atoms with Crippen LogP contribution in [0.2, 0.25) is 5.15 Å². The van der Waals surface area contributed by atoms with Gasteiger partial charge in [0.2, 0.25) is 0 Å². The second kappa shape index (κ2) is 2.94. The smallest absolute Gasteiger partial charge is 0.155 e. The van der Waals surface area contributed by atoms with Crippen molar-refractivity contribution in [2.45, 2.75) is 6.92 Å². The lowest BCUT2D eigenvalue weighted by Crippen LogP contribution is -1.91. The van der Waals surface area contributed by atoms with Crippen LogP contribution in [0.3, 0.4) is 0 Å². The molecule has 4 heteroatoms. The highest BCUT2D eigenvalue weighted by molar-refractivity contribution is 6.33. The molecule has 3 rings (SSSR count). The van der Waals surface area contributed by atoms with E-state index in [9.17, 15) is 0 Å². The van der Waals surface area contributed by atoms with Crippen molar-refractivity contribution in [1.29, 1.82) is 0 Å². The number of halogens is 1. The minimum Gasteiger partial charge on any atom is -0.294 e. The summed E-state index contributed by atoms with van der Waals surface area (Å²) in [5, 5.41) is 0.503. The minimum atomic E-state index is 0.503. The van der Waals surface area contributed by atoms with E-state index in [2.05, 4.69) is 9.97 Å². The lowest BCUT2D eigenvalue weighted by Gasteiger charge is -2.03. The SMILES string of the molecule is Cc1ncn2c1c(Cl)nc1ccccc12. The zero-order valence-electron chi connectivity index (χ0n) is 8.11. The summed E-state index contributed by atoms with van der Waals surface area (Å²) in [6.45, 7) is 1.93. The van der Waals surface area contributed by atoms with Crippen molar-refractivity contribution in [2.75, 3.05) is 0 Å². The van der Waals surface area contributed by atoms with E-state index in [0.29, 0.717) is 5.15 Å². The molecule has 0 saturated heterocycles. The summed E-state index contributed by atoms with van der Waals surface area (Å²) in [5.74, 6) is 0. The molecule has 0 radical (unpaired) electrons. The average Bonchev–Trinajstić information content (AvgIpc) is 2.62. The van der Waals surface area contributed by atoms with Crippen LogP contribution in [0.25, 0.3) is 16.6 Å². The van der Waals surface area contributed by atoms with Gasteiger partial charge in [-0.25, -0.2) is 9.97 Å². The second-order valence-electron chi connectivity index (χ2n) is 3.44. The van der Waals surface area contributed by atoms with Gasteiger partial charge >= 0.3 is 0 Å². The zero-order chi connectivity index (χ0) is 10.4. The van der Waals surface area contributed by atoms with E-state index in [4.69, 9.17) is 11.6 Å². The van der Waals surface area contributed by atoms with E-state index in [1.54, 1.807) is 6.33 Å². The standard InChI is InChI=1S/C11H8ClN3/c1-7-10-11(12)14-8-4-2-3-5-9(8)15(10)6-13-7/h2-6H,1H3. The molecule has 3 aromatic rings. The predicted molar refractivity (Wildman–Crippen MR) is 60.2 cm³/mol. The van der Waals surface area contributed by atoms with Crippen LogP contribution in [0.1, 0.15) is 5.69 Å². The highest BCUT2D eigenvalue weighted by Gasteiger charge is 2.09. The molecule has 0 aliphatic rings. The van der Waals surface area contributed by atoms with Crippen molar-refractivity contribution < 1.29 is 0 Å². The Balaban J connectivity index is 2.65. The van der Waals surface area contributed by atoms with Gasteiger partial charge in [0.1, 0.15) is 11.8 Å². The first kappa shape index (κ1) is 8.68. The van der Waals surface area contributed by atoms with Crippen LogP contribution in [0, 0.1) is 6.92 Å². The van der Waals surface area contributed by atoms with Crippen LogP contribution in [0.15, 0.2) is 30.6 Å². The Hall–Kier alpha value is -1.61. The number of hydrogen-bond donors (Lipinski definition) is 0. The highest BCUT2D eigenvalue weighted by Crippen LogP contribution is 2.23. The number of nitrogens with zero attached hydrogens (tertiary/aromatic N) is 3. The monoisotopic (exact) mass is 217 g/mol. The molecule has 15 heavy (non-hydrogen) atoms. The van der Waals surface area contributed by atoms with Crippen LogP contribution in [-0.4, -0.2) is 14.4 Å². The Labute approximate surface area is 91.3 Å². The van der Waals surface area contributed by atoms with Crippen molar-refractivity contribution in [3.63, 3.8) is 0 Å². The largest absolute Gasteiger partial charge is 0.294 e. The maximum Gasteiger partial charge on any atom is 0.155 e. The van der Waals surface area contributed by atoms with Gasteiger partial charge in [-0.05, 0) is 19.1 Å². The Morgan fingerprint density at radius 2 is 2.07 bits per heavy atom. The normalized spacial score (nSPS) is 11.3. The molecule has 0 spiro atoms. The van der Waals surface area contributed by atoms with Gasteiger partial charge in [0.25, 0.3) is 0 Å². The molecule has 0 unspecified atom stereocenters. The predicted octanol–water partition coefficient (Wildman–Crippen LogP) is 2.84. The van der Waals surface area contributed by atoms with Gasteiger partial charge in [-0.1, -0.05) is 23.7 Å². The molecular formula is C11H8ClN3. The fourth-order valence-corrected chi connectivity index (χ4v) is 2.11. The summed E-state index contributed by atoms with van der Waals surface area (Å²) >= 11 is 6.11. The van der Waals surface area contributed by atoms with Crippen molar-refractivity contribution >= 4 is 28.2 Å². The van der Waals surface area contributed by atoms with Crippen LogP contribution < -0.4 is 0 Å². The fraction of sp³-hybridized carbons (Fsp3) is 0.0909. The zero-order valence-corrected chi connectivity index (χ0v) is 8.86. The Kier molecular flexibility index (Phi) is 1.70. The number of rotatable bonds is 0. The molecule has 2 heterocycles. The number of para-hydroxylation sites is 2. The molecule has 0 aliphatic carbocycles. The lowest BCUT2D eigenvalue weighted by atomic mass is 10.3. The number of aromatic nitrogens is 3. The van der Waals surface area contributed by atoms with E-state index < -0.39 is 0 Å². The van der Waals surface area contributed by atoms with E-state index >= 15 is 0 Å².